The van der Waals surface area contributed by atoms with Gasteiger partial charge in [0.2, 0.25) is 0 Å². The van der Waals surface area contributed by atoms with Gasteiger partial charge in [0.05, 0.1) is 6.07 Å². The van der Waals surface area contributed by atoms with Crippen LogP contribution < -0.4 is 0 Å². The third kappa shape index (κ3) is 2.72. The van der Waals surface area contributed by atoms with Crippen LogP contribution in [0.4, 0.5) is 4.39 Å². The van der Waals surface area contributed by atoms with E-state index in [4.69, 9.17) is 5.26 Å². The molecule has 0 radical (unpaired) electrons. The summed E-state index contributed by atoms with van der Waals surface area (Å²) in [4.78, 5) is 0. The highest BCUT2D eigenvalue weighted by Crippen LogP contribution is 2.11. The van der Waals surface area contributed by atoms with Crippen molar-refractivity contribution < 1.29 is 4.39 Å². The molecule has 1 rings (SSSR count). The van der Waals surface area contributed by atoms with Crippen molar-refractivity contribution in [3.8, 4) is 6.07 Å². The van der Waals surface area contributed by atoms with Crippen LogP contribution >= 0.6 is 0 Å². The lowest BCUT2D eigenvalue weighted by Crippen LogP contribution is -1.90. The first-order valence-electron chi connectivity index (χ1n) is 4.02. The van der Waals surface area contributed by atoms with Gasteiger partial charge in [-0.15, -0.1) is 0 Å². The van der Waals surface area contributed by atoms with E-state index < -0.39 is 0 Å². The molecule has 0 aliphatic carbocycles. The third-order valence-electron chi connectivity index (χ3n) is 1.74. The lowest BCUT2D eigenvalue weighted by Gasteiger charge is -2.01. The molecule has 0 saturated carbocycles. The quantitative estimate of drug-likeness (QED) is 0.634. The molecule has 1 aromatic carbocycles. The summed E-state index contributed by atoms with van der Waals surface area (Å²) in [7, 11) is 0. The highest BCUT2D eigenvalue weighted by Gasteiger charge is 2.00. The molecule has 0 N–H and O–H groups in total. The van der Waals surface area contributed by atoms with Crippen molar-refractivity contribution in [1.29, 1.82) is 5.26 Å². The number of benzene rings is 1. The second-order valence-electron chi connectivity index (χ2n) is 2.89. The van der Waals surface area contributed by atoms with Crippen LogP contribution in [0.3, 0.4) is 0 Å². The zero-order chi connectivity index (χ0) is 9.68. The van der Waals surface area contributed by atoms with Crippen molar-refractivity contribution >= 4 is 0 Å². The zero-order valence-electron chi connectivity index (χ0n) is 7.42. The van der Waals surface area contributed by atoms with Crippen LogP contribution in [0, 0.1) is 17.1 Å². The van der Waals surface area contributed by atoms with Crippen molar-refractivity contribution in [2.45, 2.75) is 13.3 Å². The number of nitriles is 1. The number of rotatable bonds is 2. The third-order valence-corrected chi connectivity index (χ3v) is 1.74. The molecular formula is C11H10FN. The molecule has 0 unspecified atom stereocenters. The Labute approximate surface area is 77.1 Å². The van der Waals surface area contributed by atoms with E-state index in [-0.39, 0.29) is 5.82 Å². The number of nitrogens with zero attached hydrogens (tertiary/aromatic N) is 1. The van der Waals surface area contributed by atoms with Crippen LogP contribution in [-0.4, -0.2) is 0 Å². The van der Waals surface area contributed by atoms with Crippen molar-refractivity contribution in [2.75, 3.05) is 0 Å². The molecule has 0 aliphatic heterocycles. The molecule has 2 heteroatoms. The first-order chi connectivity index (χ1) is 6.24. The van der Waals surface area contributed by atoms with E-state index in [9.17, 15) is 4.39 Å². The maximum Gasteiger partial charge on any atom is 0.126 e. The molecule has 13 heavy (non-hydrogen) atoms. The van der Waals surface area contributed by atoms with Crippen LogP contribution in [0.25, 0.3) is 0 Å². The van der Waals surface area contributed by atoms with E-state index >= 15 is 0 Å². The highest BCUT2D eigenvalue weighted by molar-refractivity contribution is 5.24. The summed E-state index contributed by atoms with van der Waals surface area (Å²) >= 11 is 0. The van der Waals surface area contributed by atoms with Gasteiger partial charge in [0.15, 0.2) is 0 Å². The Morgan fingerprint density at radius 2 is 2.23 bits per heavy atom. The van der Waals surface area contributed by atoms with Gasteiger partial charge in [0, 0.05) is 6.08 Å². The molecule has 0 fully saturated rings. The summed E-state index contributed by atoms with van der Waals surface area (Å²) in [6.45, 7) is 1.82. The Morgan fingerprint density at radius 3 is 2.85 bits per heavy atom. The van der Waals surface area contributed by atoms with Crippen LogP contribution in [0.1, 0.15) is 12.5 Å². The van der Waals surface area contributed by atoms with Crippen LogP contribution in [0.5, 0.6) is 0 Å². The van der Waals surface area contributed by atoms with Crippen molar-refractivity contribution in [3.63, 3.8) is 0 Å². The summed E-state index contributed by atoms with van der Waals surface area (Å²) in [5, 5.41) is 8.36. The topological polar surface area (TPSA) is 23.8 Å². The lowest BCUT2D eigenvalue weighted by molar-refractivity contribution is 0.613. The zero-order valence-corrected chi connectivity index (χ0v) is 7.42. The number of hydrogen-bond donors (Lipinski definition) is 0. The van der Waals surface area contributed by atoms with E-state index in [2.05, 4.69) is 0 Å². The molecular weight excluding hydrogens is 165 g/mol. The Bertz CT molecular complexity index is 361. The highest BCUT2D eigenvalue weighted by atomic mass is 19.1. The molecule has 0 atom stereocenters. The first kappa shape index (κ1) is 9.47. The number of hydrogen-bond acceptors (Lipinski definition) is 1. The normalized spacial score (nSPS) is 11.0. The minimum absolute atomic E-state index is 0.215. The Kier molecular flexibility index (Phi) is 3.22. The summed E-state index contributed by atoms with van der Waals surface area (Å²) in [5.41, 5.74) is 1.50. The smallest absolute Gasteiger partial charge is 0.126 e. The fraction of sp³-hybridized carbons (Fsp3) is 0.182. The van der Waals surface area contributed by atoms with Crippen molar-refractivity contribution in [2.24, 2.45) is 0 Å². The van der Waals surface area contributed by atoms with Gasteiger partial charge in [-0.3, -0.25) is 0 Å². The standard InChI is InChI=1S/C11H10FN/c1-9(6-7-13)8-10-4-2-3-5-11(10)12/h2-6H,8H2,1H3/b9-6-. The van der Waals surface area contributed by atoms with Gasteiger partial charge in [-0.2, -0.15) is 5.26 Å². The predicted octanol–water partition coefficient (Wildman–Crippen LogP) is 2.84. The minimum Gasteiger partial charge on any atom is -0.207 e. The summed E-state index contributed by atoms with van der Waals surface area (Å²) in [6.07, 6.45) is 1.94. The summed E-state index contributed by atoms with van der Waals surface area (Å²) < 4.78 is 13.1. The van der Waals surface area contributed by atoms with Gasteiger partial charge in [-0.25, -0.2) is 4.39 Å². The molecule has 1 nitrogen and oxygen atoms in total. The van der Waals surface area contributed by atoms with Crippen LogP contribution in [-0.2, 0) is 6.42 Å². The molecule has 0 bridgehead atoms. The van der Waals surface area contributed by atoms with Gasteiger partial charge in [0.1, 0.15) is 5.82 Å². The summed E-state index contributed by atoms with van der Waals surface area (Å²) in [5.74, 6) is -0.215. The number of halogens is 1. The van der Waals surface area contributed by atoms with Gasteiger partial charge >= 0.3 is 0 Å². The molecule has 66 valence electrons. The van der Waals surface area contributed by atoms with Crippen LogP contribution in [0.15, 0.2) is 35.9 Å². The van der Waals surface area contributed by atoms with Gasteiger partial charge < -0.3 is 0 Å². The Hall–Kier alpha value is -1.62. The van der Waals surface area contributed by atoms with E-state index in [1.807, 2.05) is 13.0 Å². The molecule has 0 spiro atoms. The van der Waals surface area contributed by atoms with Gasteiger partial charge in [-0.1, -0.05) is 23.8 Å². The fourth-order valence-corrected chi connectivity index (χ4v) is 1.10. The maximum absolute atomic E-state index is 13.1. The molecule has 0 saturated heterocycles. The lowest BCUT2D eigenvalue weighted by atomic mass is 10.1. The average Bonchev–Trinajstić information content (AvgIpc) is 2.09. The van der Waals surface area contributed by atoms with Crippen molar-refractivity contribution in [3.05, 3.63) is 47.3 Å². The largest absolute Gasteiger partial charge is 0.207 e. The maximum atomic E-state index is 13.1. The summed E-state index contributed by atoms with van der Waals surface area (Å²) in [6, 6.07) is 8.52. The Morgan fingerprint density at radius 1 is 1.54 bits per heavy atom. The van der Waals surface area contributed by atoms with Gasteiger partial charge in [0.25, 0.3) is 0 Å². The molecule has 1 aromatic rings. The van der Waals surface area contributed by atoms with E-state index in [1.54, 1.807) is 18.2 Å². The first-order valence-corrected chi connectivity index (χ1v) is 4.02. The molecule has 0 aromatic heterocycles. The molecule has 0 aliphatic rings. The SMILES string of the molecule is C/C(=C/C#N)Cc1ccccc1F. The van der Waals surface area contributed by atoms with E-state index in [0.29, 0.717) is 12.0 Å². The molecule has 0 amide bonds. The fourth-order valence-electron chi connectivity index (χ4n) is 1.10. The van der Waals surface area contributed by atoms with E-state index in [0.717, 1.165) is 5.57 Å². The van der Waals surface area contributed by atoms with Gasteiger partial charge in [-0.05, 0) is 25.0 Å². The number of allylic oxidation sites excluding steroid dienone is 2. The Balaban J connectivity index is 2.82. The van der Waals surface area contributed by atoms with E-state index in [1.165, 1.54) is 12.1 Å². The minimum atomic E-state index is -0.215. The van der Waals surface area contributed by atoms with Crippen LogP contribution in [0.2, 0.25) is 0 Å². The monoisotopic (exact) mass is 175 g/mol. The molecule has 0 heterocycles. The average molecular weight is 175 g/mol. The predicted molar refractivity (Wildman–Crippen MR) is 49.5 cm³/mol. The second-order valence-corrected chi connectivity index (χ2v) is 2.89. The second kappa shape index (κ2) is 4.42. The van der Waals surface area contributed by atoms with Crippen molar-refractivity contribution in [1.82, 2.24) is 0 Å².